The molecular formula is C19H24N2O5. The van der Waals surface area contributed by atoms with Gasteiger partial charge in [0.2, 0.25) is 0 Å². The van der Waals surface area contributed by atoms with Crippen LogP contribution in [0.4, 0.5) is 5.69 Å². The van der Waals surface area contributed by atoms with E-state index in [0.29, 0.717) is 37.1 Å². The van der Waals surface area contributed by atoms with Gasteiger partial charge in [-0.3, -0.25) is 14.4 Å². The van der Waals surface area contributed by atoms with Crippen LogP contribution in [0.15, 0.2) is 24.3 Å². The Morgan fingerprint density at radius 3 is 2.73 bits per heavy atom. The minimum Gasteiger partial charge on any atom is -0.481 e. The zero-order valence-corrected chi connectivity index (χ0v) is 14.8. The van der Waals surface area contributed by atoms with Crippen LogP contribution in [0.2, 0.25) is 0 Å². The van der Waals surface area contributed by atoms with Gasteiger partial charge in [-0.15, -0.1) is 0 Å². The highest BCUT2D eigenvalue weighted by atomic mass is 16.5. The summed E-state index contributed by atoms with van der Waals surface area (Å²) in [5.74, 6) is -1.81. The molecule has 2 amide bonds. The molecule has 7 heteroatoms. The van der Waals surface area contributed by atoms with Crippen molar-refractivity contribution in [1.82, 2.24) is 4.90 Å². The molecule has 1 aromatic rings. The molecule has 2 heterocycles. The number of anilines is 1. The van der Waals surface area contributed by atoms with Crippen LogP contribution in [-0.2, 0) is 14.3 Å². The lowest BCUT2D eigenvalue weighted by atomic mass is 9.93. The Morgan fingerprint density at radius 1 is 1.23 bits per heavy atom. The smallest absolute Gasteiger partial charge is 0.308 e. The third-order valence-corrected chi connectivity index (χ3v) is 5.09. The number of amides is 2. The summed E-state index contributed by atoms with van der Waals surface area (Å²) in [5.41, 5.74) is 0.976. The Labute approximate surface area is 152 Å². The van der Waals surface area contributed by atoms with E-state index in [-0.39, 0.29) is 24.4 Å². The molecule has 2 fully saturated rings. The fraction of sp³-hybridized carbons (Fsp3) is 0.526. The first-order valence-corrected chi connectivity index (χ1v) is 9.02. The maximum atomic E-state index is 12.9. The summed E-state index contributed by atoms with van der Waals surface area (Å²) in [6.07, 6.45) is 2.38. The first-order valence-electron chi connectivity index (χ1n) is 9.02. The standard InChI is InChI=1S/C19H24N2O5/c1-12-7-8-14(19(24)25)11-21(12)18(23)13-4-2-5-15(10-13)20-17(22)16-6-3-9-26-16/h2,4-5,10,12,14,16H,3,6-9,11H2,1H3,(H,20,22)(H,24,25). The van der Waals surface area contributed by atoms with Crippen LogP contribution in [0, 0.1) is 5.92 Å². The summed E-state index contributed by atoms with van der Waals surface area (Å²) in [6.45, 7) is 2.73. The molecule has 2 N–H and O–H groups in total. The van der Waals surface area contributed by atoms with Crippen molar-refractivity contribution < 1.29 is 24.2 Å². The predicted octanol–water partition coefficient (Wildman–Crippen LogP) is 2.13. The number of hydrogen-bond acceptors (Lipinski definition) is 4. The molecule has 3 rings (SSSR count). The van der Waals surface area contributed by atoms with Crippen LogP contribution in [0.3, 0.4) is 0 Å². The molecule has 0 saturated carbocycles. The first kappa shape index (κ1) is 18.4. The van der Waals surface area contributed by atoms with Crippen molar-refractivity contribution in [2.24, 2.45) is 5.92 Å². The van der Waals surface area contributed by atoms with Gasteiger partial charge in [-0.1, -0.05) is 6.07 Å². The minimum absolute atomic E-state index is 0.0109. The van der Waals surface area contributed by atoms with E-state index in [0.717, 1.165) is 6.42 Å². The number of ether oxygens (including phenoxy) is 1. The molecule has 0 radical (unpaired) electrons. The number of carboxylic acids is 1. The highest BCUT2D eigenvalue weighted by molar-refractivity contribution is 5.98. The molecular weight excluding hydrogens is 336 g/mol. The van der Waals surface area contributed by atoms with Crippen LogP contribution in [0.1, 0.15) is 43.0 Å². The molecule has 0 aliphatic carbocycles. The maximum Gasteiger partial charge on any atom is 0.308 e. The van der Waals surface area contributed by atoms with Gasteiger partial charge in [0.15, 0.2) is 0 Å². The molecule has 3 unspecified atom stereocenters. The van der Waals surface area contributed by atoms with Crippen molar-refractivity contribution in [3.05, 3.63) is 29.8 Å². The summed E-state index contributed by atoms with van der Waals surface area (Å²) in [4.78, 5) is 37.9. The third-order valence-electron chi connectivity index (χ3n) is 5.09. The van der Waals surface area contributed by atoms with E-state index in [1.165, 1.54) is 0 Å². The Hall–Kier alpha value is -2.41. The SMILES string of the molecule is CC1CCC(C(=O)O)CN1C(=O)c1cccc(NC(=O)C2CCCO2)c1. The van der Waals surface area contributed by atoms with E-state index >= 15 is 0 Å². The number of hydrogen-bond donors (Lipinski definition) is 2. The number of nitrogens with one attached hydrogen (secondary N) is 1. The van der Waals surface area contributed by atoms with Crippen molar-refractivity contribution in [1.29, 1.82) is 0 Å². The van der Waals surface area contributed by atoms with Gasteiger partial charge < -0.3 is 20.1 Å². The summed E-state index contributed by atoms with van der Waals surface area (Å²) >= 11 is 0. The lowest BCUT2D eigenvalue weighted by molar-refractivity contribution is -0.143. The average Bonchev–Trinajstić information content (AvgIpc) is 3.16. The number of piperidine rings is 1. The van der Waals surface area contributed by atoms with Gasteiger partial charge in [-0.2, -0.15) is 0 Å². The van der Waals surface area contributed by atoms with Gasteiger partial charge in [0.25, 0.3) is 11.8 Å². The van der Waals surface area contributed by atoms with E-state index in [1.807, 2.05) is 6.92 Å². The fourth-order valence-corrected chi connectivity index (χ4v) is 3.49. The van der Waals surface area contributed by atoms with Crippen LogP contribution < -0.4 is 5.32 Å². The molecule has 1 aromatic carbocycles. The largest absolute Gasteiger partial charge is 0.481 e. The summed E-state index contributed by atoms with van der Waals surface area (Å²) in [7, 11) is 0. The summed E-state index contributed by atoms with van der Waals surface area (Å²) in [5, 5.41) is 12.0. The molecule has 140 valence electrons. The third kappa shape index (κ3) is 4.04. The first-order chi connectivity index (χ1) is 12.5. The van der Waals surface area contributed by atoms with E-state index in [1.54, 1.807) is 29.2 Å². The number of carboxylic acid groups (broad SMARTS) is 1. The monoisotopic (exact) mass is 360 g/mol. The van der Waals surface area contributed by atoms with E-state index in [9.17, 15) is 19.5 Å². The lowest BCUT2D eigenvalue weighted by Crippen LogP contribution is -2.47. The average molecular weight is 360 g/mol. The molecule has 26 heavy (non-hydrogen) atoms. The predicted molar refractivity (Wildman–Crippen MR) is 94.9 cm³/mol. The van der Waals surface area contributed by atoms with Crippen LogP contribution in [0.5, 0.6) is 0 Å². The number of carbonyl (C=O) groups excluding carboxylic acids is 2. The molecule has 2 aliphatic heterocycles. The lowest BCUT2D eigenvalue weighted by Gasteiger charge is -2.36. The van der Waals surface area contributed by atoms with E-state index in [2.05, 4.69) is 5.32 Å². The van der Waals surface area contributed by atoms with Crippen molar-refractivity contribution in [3.63, 3.8) is 0 Å². The quantitative estimate of drug-likeness (QED) is 0.857. The molecule has 0 spiro atoms. The van der Waals surface area contributed by atoms with Gasteiger partial charge in [0, 0.05) is 30.4 Å². The van der Waals surface area contributed by atoms with Crippen molar-refractivity contribution in [3.8, 4) is 0 Å². The van der Waals surface area contributed by atoms with Crippen molar-refractivity contribution in [2.75, 3.05) is 18.5 Å². The van der Waals surface area contributed by atoms with Crippen LogP contribution >= 0.6 is 0 Å². The summed E-state index contributed by atoms with van der Waals surface area (Å²) < 4.78 is 5.37. The molecule has 0 bridgehead atoms. The van der Waals surface area contributed by atoms with Crippen LogP contribution in [0.25, 0.3) is 0 Å². The van der Waals surface area contributed by atoms with Gasteiger partial charge in [0.1, 0.15) is 6.10 Å². The zero-order chi connectivity index (χ0) is 18.7. The maximum absolute atomic E-state index is 12.9. The van der Waals surface area contributed by atoms with Gasteiger partial charge in [-0.25, -0.2) is 0 Å². The zero-order valence-electron chi connectivity index (χ0n) is 14.8. The second kappa shape index (κ2) is 7.86. The molecule has 3 atom stereocenters. The summed E-state index contributed by atoms with van der Waals surface area (Å²) in [6, 6.07) is 6.74. The van der Waals surface area contributed by atoms with Gasteiger partial charge in [-0.05, 0) is 50.8 Å². The number of benzene rings is 1. The minimum atomic E-state index is -0.868. The highest BCUT2D eigenvalue weighted by Gasteiger charge is 2.33. The molecule has 2 saturated heterocycles. The Morgan fingerprint density at radius 2 is 2.04 bits per heavy atom. The number of likely N-dealkylation sites (tertiary alicyclic amines) is 1. The topological polar surface area (TPSA) is 95.9 Å². The Kier molecular flexibility index (Phi) is 5.56. The highest BCUT2D eigenvalue weighted by Crippen LogP contribution is 2.25. The van der Waals surface area contributed by atoms with E-state index in [4.69, 9.17) is 4.74 Å². The Balaban J connectivity index is 1.71. The van der Waals surface area contributed by atoms with Crippen LogP contribution in [-0.4, -0.2) is 53.1 Å². The molecule has 2 aliphatic rings. The van der Waals surface area contributed by atoms with Gasteiger partial charge in [0.05, 0.1) is 5.92 Å². The molecule has 7 nitrogen and oxygen atoms in total. The second-order valence-electron chi connectivity index (χ2n) is 6.99. The number of nitrogens with zero attached hydrogens (tertiary/aromatic N) is 1. The van der Waals surface area contributed by atoms with Crippen molar-refractivity contribution >= 4 is 23.5 Å². The van der Waals surface area contributed by atoms with Crippen molar-refractivity contribution in [2.45, 2.75) is 44.8 Å². The van der Waals surface area contributed by atoms with E-state index < -0.39 is 18.0 Å². The fourth-order valence-electron chi connectivity index (χ4n) is 3.49. The Bertz CT molecular complexity index is 699. The number of rotatable bonds is 4. The molecule has 0 aromatic heterocycles. The number of aliphatic carboxylic acids is 1. The number of carbonyl (C=O) groups is 3. The normalized spacial score (nSPS) is 25.7. The van der Waals surface area contributed by atoms with Gasteiger partial charge >= 0.3 is 5.97 Å². The second-order valence-corrected chi connectivity index (χ2v) is 6.99.